The van der Waals surface area contributed by atoms with Crippen LogP contribution in [0.4, 0.5) is 0 Å². The third-order valence-electron chi connectivity index (χ3n) is 2.86. The van der Waals surface area contributed by atoms with E-state index in [0.717, 1.165) is 15.6 Å². The minimum Gasteiger partial charge on any atom is -0.411 e. The normalized spacial score (nSPS) is 10.9. The van der Waals surface area contributed by atoms with Gasteiger partial charge in [-0.1, -0.05) is 50.9 Å². The number of rotatable bonds is 4. The maximum atomic E-state index is 6.14. The molecule has 0 spiro atoms. The molecular weight excluding hydrogens is 407 g/mol. The smallest absolute Gasteiger partial charge is 0.277 e. The van der Waals surface area contributed by atoms with Gasteiger partial charge in [-0.15, -0.1) is 10.2 Å². The van der Waals surface area contributed by atoms with Gasteiger partial charge in [0.25, 0.3) is 5.22 Å². The van der Waals surface area contributed by atoms with Gasteiger partial charge in [0.15, 0.2) is 0 Å². The molecule has 0 bridgehead atoms. The fourth-order valence-electron chi connectivity index (χ4n) is 1.77. The van der Waals surface area contributed by atoms with Gasteiger partial charge in [0.1, 0.15) is 0 Å². The molecule has 0 aliphatic carbocycles. The predicted molar refractivity (Wildman–Crippen MR) is 93.5 cm³/mol. The highest BCUT2D eigenvalue weighted by molar-refractivity contribution is 9.10. The Morgan fingerprint density at radius 2 is 1.82 bits per heavy atom. The zero-order chi connectivity index (χ0) is 15.5. The van der Waals surface area contributed by atoms with E-state index < -0.39 is 0 Å². The van der Waals surface area contributed by atoms with E-state index in [1.807, 2.05) is 30.3 Å². The summed E-state index contributed by atoms with van der Waals surface area (Å²) < 4.78 is 6.65. The summed E-state index contributed by atoms with van der Waals surface area (Å²) in [6, 6.07) is 13.1. The molecule has 1 aromatic heterocycles. The van der Waals surface area contributed by atoms with E-state index in [4.69, 9.17) is 27.6 Å². The molecule has 0 unspecified atom stereocenters. The Kier molecular flexibility index (Phi) is 5.08. The molecule has 0 radical (unpaired) electrons. The summed E-state index contributed by atoms with van der Waals surface area (Å²) in [5.74, 6) is 1.11. The van der Waals surface area contributed by atoms with Crippen LogP contribution in [0.25, 0.3) is 11.5 Å². The molecule has 3 aromatic rings. The molecule has 0 fully saturated rings. The van der Waals surface area contributed by atoms with Crippen LogP contribution < -0.4 is 0 Å². The largest absolute Gasteiger partial charge is 0.411 e. The van der Waals surface area contributed by atoms with Crippen LogP contribution in [-0.4, -0.2) is 10.2 Å². The maximum Gasteiger partial charge on any atom is 0.277 e. The molecule has 0 aliphatic heterocycles. The lowest BCUT2D eigenvalue weighted by Crippen LogP contribution is -1.83. The van der Waals surface area contributed by atoms with Crippen molar-refractivity contribution in [2.45, 2.75) is 11.0 Å². The number of thioether (sulfide) groups is 1. The number of aromatic nitrogens is 2. The molecule has 3 nitrogen and oxygen atoms in total. The van der Waals surface area contributed by atoms with Crippen LogP contribution in [0.5, 0.6) is 0 Å². The number of benzene rings is 2. The van der Waals surface area contributed by atoms with E-state index in [-0.39, 0.29) is 0 Å². The van der Waals surface area contributed by atoms with Gasteiger partial charge in [-0.25, -0.2) is 0 Å². The summed E-state index contributed by atoms with van der Waals surface area (Å²) >= 11 is 16.9. The van der Waals surface area contributed by atoms with Crippen LogP contribution in [0.15, 0.2) is 56.6 Å². The molecule has 0 N–H and O–H groups in total. The minimum atomic E-state index is 0.493. The molecule has 3 rings (SSSR count). The highest BCUT2D eigenvalue weighted by atomic mass is 79.9. The summed E-state index contributed by atoms with van der Waals surface area (Å²) in [6.07, 6.45) is 0. The Morgan fingerprint density at radius 1 is 1.05 bits per heavy atom. The zero-order valence-electron chi connectivity index (χ0n) is 11.1. The van der Waals surface area contributed by atoms with Gasteiger partial charge in [-0.05, 0) is 48.0 Å². The van der Waals surface area contributed by atoms with Crippen molar-refractivity contribution in [2.75, 3.05) is 0 Å². The lowest BCUT2D eigenvalue weighted by Gasteiger charge is -2.02. The molecule has 2 aromatic carbocycles. The lowest BCUT2D eigenvalue weighted by molar-refractivity contribution is 0.466. The second kappa shape index (κ2) is 7.04. The minimum absolute atomic E-state index is 0.493. The fourth-order valence-corrected chi connectivity index (χ4v) is 3.25. The fraction of sp³-hybridized carbons (Fsp3) is 0.0667. The Morgan fingerprint density at radius 3 is 2.59 bits per heavy atom. The summed E-state index contributed by atoms with van der Waals surface area (Å²) in [5, 5.41) is 9.92. The summed E-state index contributed by atoms with van der Waals surface area (Å²) in [6.45, 7) is 0. The molecule has 0 amide bonds. The van der Waals surface area contributed by atoms with Crippen LogP contribution in [0.1, 0.15) is 5.56 Å². The van der Waals surface area contributed by atoms with Crippen molar-refractivity contribution >= 4 is 50.9 Å². The molecule has 0 saturated carbocycles. The van der Waals surface area contributed by atoms with E-state index in [1.54, 1.807) is 12.1 Å². The first kappa shape index (κ1) is 15.9. The van der Waals surface area contributed by atoms with Crippen LogP contribution in [0.3, 0.4) is 0 Å². The van der Waals surface area contributed by atoms with Gasteiger partial charge < -0.3 is 4.42 Å². The van der Waals surface area contributed by atoms with Gasteiger partial charge in [-0.2, -0.15) is 0 Å². The summed E-state index contributed by atoms with van der Waals surface area (Å²) in [7, 11) is 0. The Labute approximate surface area is 150 Å². The predicted octanol–water partition coefficient (Wildman–Crippen LogP) is 6.10. The molecule has 7 heteroatoms. The van der Waals surface area contributed by atoms with E-state index in [0.29, 0.717) is 26.9 Å². The Balaban J connectivity index is 1.72. The Bertz CT molecular complexity index is 792. The van der Waals surface area contributed by atoms with E-state index >= 15 is 0 Å². The molecule has 112 valence electrons. The second-order valence-electron chi connectivity index (χ2n) is 4.40. The van der Waals surface area contributed by atoms with Gasteiger partial charge in [0.2, 0.25) is 5.89 Å². The monoisotopic (exact) mass is 414 g/mol. The molecule has 22 heavy (non-hydrogen) atoms. The van der Waals surface area contributed by atoms with Gasteiger partial charge in [0, 0.05) is 25.8 Å². The van der Waals surface area contributed by atoms with Crippen molar-refractivity contribution in [3.05, 3.63) is 62.5 Å². The number of hydrogen-bond donors (Lipinski definition) is 0. The third-order valence-corrected chi connectivity index (χ3v) is 4.86. The summed E-state index contributed by atoms with van der Waals surface area (Å²) in [5.41, 5.74) is 1.81. The molecule has 1 heterocycles. The number of nitrogens with zero attached hydrogens (tertiary/aromatic N) is 2. The van der Waals surface area contributed by atoms with Crippen molar-refractivity contribution in [1.82, 2.24) is 10.2 Å². The second-order valence-corrected chi connectivity index (χ2v) is 7.09. The summed E-state index contributed by atoms with van der Waals surface area (Å²) in [4.78, 5) is 0. The highest BCUT2D eigenvalue weighted by Gasteiger charge is 2.10. The first-order chi connectivity index (χ1) is 10.6. The lowest BCUT2D eigenvalue weighted by atomic mass is 10.2. The van der Waals surface area contributed by atoms with Crippen molar-refractivity contribution in [2.24, 2.45) is 0 Å². The molecule has 0 saturated heterocycles. The molecule has 0 aliphatic rings. The van der Waals surface area contributed by atoms with E-state index in [1.165, 1.54) is 11.8 Å². The zero-order valence-corrected chi connectivity index (χ0v) is 15.0. The van der Waals surface area contributed by atoms with Crippen LogP contribution in [0.2, 0.25) is 10.0 Å². The highest BCUT2D eigenvalue weighted by Crippen LogP contribution is 2.30. The standard InChI is InChI=1S/C15H9BrCl2N2OS/c16-11-3-1-9(2-4-11)14-19-20-15(21-14)22-8-10-7-12(17)5-6-13(10)18/h1-7H,8H2. The van der Waals surface area contributed by atoms with Crippen molar-refractivity contribution in [3.8, 4) is 11.5 Å². The quantitative estimate of drug-likeness (QED) is 0.482. The first-order valence-corrected chi connectivity index (χ1v) is 8.81. The van der Waals surface area contributed by atoms with Crippen molar-refractivity contribution < 1.29 is 4.42 Å². The maximum absolute atomic E-state index is 6.14. The van der Waals surface area contributed by atoms with Crippen LogP contribution in [0, 0.1) is 0 Å². The van der Waals surface area contributed by atoms with E-state index in [9.17, 15) is 0 Å². The van der Waals surface area contributed by atoms with Gasteiger partial charge in [0.05, 0.1) is 0 Å². The molecule has 0 atom stereocenters. The van der Waals surface area contributed by atoms with Gasteiger partial charge in [-0.3, -0.25) is 0 Å². The van der Waals surface area contributed by atoms with Gasteiger partial charge >= 0.3 is 0 Å². The topological polar surface area (TPSA) is 38.9 Å². The first-order valence-electron chi connectivity index (χ1n) is 6.28. The van der Waals surface area contributed by atoms with E-state index in [2.05, 4.69) is 26.1 Å². The number of halogens is 3. The molecular formula is C15H9BrCl2N2OS. The van der Waals surface area contributed by atoms with Crippen molar-refractivity contribution in [3.63, 3.8) is 0 Å². The average Bonchev–Trinajstić information content (AvgIpc) is 2.98. The Hall–Kier alpha value is -1.01. The average molecular weight is 416 g/mol. The number of hydrogen-bond acceptors (Lipinski definition) is 4. The van der Waals surface area contributed by atoms with Crippen LogP contribution in [-0.2, 0) is 5.75 Å². The van der Waals surface area contributed by atoms with Crippen molar-refractivity contribution in [1.29, 1.82) is 0 Å². The van der Waals surface area contributed by atoms with Crippen LogP contribution >= 0.6 is 50.9 Å². The SMILES string of the molecule is Clc1ccc(Cl)c(CSc2nnc(-c3ccc(Br)cc3)o2)c1. The third kappa shape index (κ3) is 3.84.